The lowest BCUT2D eigenvalue weighted by atomic mass is 10.1. The van der Waals surface area contributed by atoms with Crippen molar-refractivity contribution in [2.24, 2.45) is 0 Å². The van der Waals surface area contributed by atoms with Crippen molar-refractivity contribution in [2.75, 3.05) is 25.6 Å². The van der Waals surface area contributed by atoms with E-state index >= 15 is 0 Å². The van der Waals surface area contributed by atoms with Crippen LogP contribution in [0.15, 0.2) is 18.2 Å². The number of benzene rings is 1. The van der Waals surface area contributed by atoms with Gasteiger partial charge in [-0.25, -0.2) is 0 Å². The van der Waals surface area contributed by atoms with E-state index in [2.05, 4.69) is 5.32 Å². The van der Waals surface area contributed by atoms with Crippen LogP contribution in [0.4, 0.5) is 18.9 Å². The maximum absolute atomic E-state index is 12.8. The molecule has 0 heterocycles. The van der Waals surface area contributed by atoms with E-state index < -0.39 is 29.2 Å². The van der Waals surface area contributed by atoms with E-state index in [1.807, 2.05) is 5.32 Å². The summed E-state index contributed by atoms with van der Waals surface area (Å²) < 4.78 is 43.3. The van der Waals surface area contributed by atoms with Crippen molar-refractivity contribution in [2.45, 2.75) is 12.6 Å². The molecule has 0 spiro atoms. The average molecular weight is 339 g/mol. The molecule has 5 nitrogen and oxygen atoms in total. The first-order valence-electron chi connectivity index (χ1n) is 6.20. The lowest BCUT2D eigenvalue weighted by molar-refractivity contribution is -0.138. The summed E-state index contributed by atoms with van der Waals surface area (Å²) in [6.45, 7) is 0.560. The zero-order valence-corrected chi connectivity index (χ0v) is 12.3. The molecule has 0 bridgehead atoms. The van der Waals surface area contributed by atoms with Crippen LogP contribution >= 0.6 is 11.6 Å². The maximum atomic E-state index is 12.8. The zero-order valence-electron chi connectivity index (χ0n) is 11.6. The summed E-state index contributed by atoms with van der Waals surface area (Å²) in [5.41, 5.74) is -1.66. The van der Waals surface area contributed by atoms with Gasteiger partial charge in [-0.05, 0) is 24.6 Å². The van der Waals surface area contributed by atoms with Gasteiger partial charge in [0.15, 0.2) is 0 Å². The Balaban J connectivity index is 2.74. The zero-order chi connectivity index (χ0) is 16.8. The number of alkyl halides is 3. The molecule has 0 aliphatic carbocycles. The van der Waals surface area contributed by atoms with Crippen LogP contribution in [0, 0.1) is 0 Å². The van der Waals surface area contributed by atoms with Crippen molar-refractivity contribution in [1.82, 2.24) is 5.32 Å². The van der Waals surface area contributed by atoms with Gasteiger partial charge in [-0.3, -0.25) is 9.59 Å². The fourth-order valence-corrected chi connectivity index (χ4v) is 1.71. The van der Waals surface area contributed by atoms with Crippen LogP contribution in [0.5, 0.6) is 0 Å². The Morgan fingerprint density at radius 3 is 2.55 bits per heavy atom. The molecule has 0 aliphatic heterocycles. The number of halogens is 4. The van der Waals surface area contributed by atoms with Crippen molar-refractivity contribution in [3.8, 4) is 0 Å². The Hall–Kier alpha value is -1.80. The standard InChI is InChI=1S/C13H14ClF3N2O3/c1-22-6-2-5-18-11(20)12(21)19-10-4-3-8(14)7-9(10)13(15,16)17/h3-4,7H,2,5-6H2,1H3,(H,18,20)(H,19,21). The summed E-state index contributed by atoms with van der Waals surface area (Å²) in [6, 6.07) is 2.85. The van der Waals surface area contributed by atoms with Gasteiger partial charge in [-0.1, -0.05) is 11.6 Å². The van der Waals surface area contributed by atoms with Crippen LogP contribution in [0.3, 0.4) is 0 Å². The van der Waals surface area contributed by atoms with E-state index in [0.717, 1.165) is 6.07 Å². The summed E-state index contributed by atoms with van der Waals surface area (Å²) in [6.07, 6.45) is -4.23. The Bertz CT molecular complexity index is 550. The topological polar surface area (TPSA) is 67.4 Å². The average Bonchev–Trinajstić information content (AvgIpc) is 2.44. The number of nitrogens with one attached hydrogen (secondary N) is 2. The molecule has 0 atom stereocenters. The summed E-state index contributed by atoms with van der Waals surface area (Å²) in [7, 11) is 1.48. The number of hydrogen-bond donors (Lipinski definition) is 2. The highest BCUT2D eigenvalue weighted by Crippen LogP contribution is 2.36. The molecule has 1 aromatic rings. The second-order valence-electron chi connectivity index (χ2n) is 4.24. The van der Waals surface area contributed by atoms with Gasteiger partial charge >= 0.3 is 18.0 Å². The fraction of sp³-hybridized carbons (Fsp3) is 0.385. The molecule has 1 rings (SSSR count). The third kappa shape index (κ3) is 5.53. The number of rotatable bonds is 5. The van der Waals surface area contributed by atoms with Gasteiger partial charge in [0.05, 0.1) is 11.3 Å². The number of carbonyl (C=O) groups excluding carboxylic acids is 2. The lowest BCUT2D eigenvalue weighted by Crippen LogP contribution is -2.36. The van der Waals surface area contributed by atoms with Crippen LogP contribution in [-0.2, 0) is 20.5 Å². The first-order chi connectivity index (χ1) is 10.3. The Labute approximate surface area is 129 Å². The highest BCUT2D eigenvalue weighted by atomic mass is 35.5. The van der Waals surface area contributed by atoms with Gasteiger partial charge in [0.1, 0.15) is 0 Å². The van der Waals surface area contributed by atoms with E-state index in [1.54, 1.807) is 0 Å². The smallest absolute Gasteiger partial charge is 0.385 e. The van der Waals surface area contributed by atoms with Gasteiger partial charge in [0, 0.05) is 25.3 Å². The van der Waals surface area contributed by atoms with Crippen LogP contribution in [-0.4, -0.2) is 32.1 Å². The molecular formula is C13H14ClF3N2O3. The first kappa shape index (κ1) is 18.2. The van der Waals surface area contributed by atoms with Gasteiger partial charge in [0.2, 0.25) is 0 Å². The minimum Gasteiger partial charge on any atom is -0.385 e. The number of hydrogen-bond acceptors (Lipinski definition) is 3. The molecule has 22 heavy (non-hydrogen) atoms. The molecule has 2 amide bonds. The molecule has 0 unspecified atom stereocenters. The monoisotopic (exact) mass is 338 g/mol. The van der Waals surface area contributed by atoms with Crippen LogP contribution in [0.1, 0.15) is 12.0 Å². The predicted octanol–water partition coefficient (Wildman–Crippen LogP) is 2.45. The van der Waals surface area contributed by atoms with Crippen molar-refractivity contribution >= 4 is 29.1 Å². The number of ether oxygens (including phenoxy) is 1. The number of amides is 2. The van der Waals surface area contributed by atoms with Crippen LogP contribution in [0.25, 0.3) is 0 Å². The van der Waals surface area contributed by atoms with E-state index in [4.69, 9.17) is 16.3 Å². The van der Waals surface area contributed by atoms with Gasteiger partial charge in [-0.15, -0.1) is 0 Å². The lowest BCUT2D eigenvalue weighted by Gasteiger charge is -2.14. The largest absolute Gasteiger partial charge is 0.418 e. The van der Waals surface area contributed by atoms with Gasteiger partial charge in [0.25, 0.3) is 0 Å². The van der Waals surface area contributed by atoms with E-state index in [0.29, 0.717) is 19.1 Å². The summed E-state index contributed by atoms with van der Waals surface area (Å²) in [4.78, 5) is 23.1. The Morgan fingerprint density at radius 2 is 1.95 bits per heavy atom. The molecule has 0 fully saturated rings. The molecule has 122 valence electrons. The normalized spacial score (nSPS) is 11.1. The number of carbonyl (C=O) groups is 2. The summed E-state index contributed by atoms with van der Waals surface area (Å²) in [5, 5.41) is 4.06. The third-order valence-corrected chi connectivity index (χ3v) is 2.79. The molecule has 1 aromatic carbocycles. The van der Waals surface area contributed by atoms with Crippen LogP contribution in [0.2, 0.25) is 5.02 Å². The molecule has 0 radical (unpaired) electrons. The quantitative estimate of drug-likeness (QED) is 0.640. The van der Waals surface area contributed by atoms with E-state index in [9.17, 15) is 22.8 Å². The Kier molecular flexibility index (Phi) is 6.63. The minimum atomic E-state index is -4.71. The highest BCUT2D eigenvalue weighted by molar-refractivity contribution is 6.39. The number of methoxy groups -OCH3 is 1. The van der Waals surface area contributed by atoms with E-state index in [1.165, 1.54) is 13.2 Å². The van der Waals surface area contributed by atoms with Gasteiger partial charge in [-0.2, -0.15) is 13.2 Å². The molecule has 2 N–H and O–H groups in total. The second kappa shape index (κ2) is 8.00. The minimum absolute atomic E-state index is 0.130. The van der Waals surface area contributed by atoms with Crippen molar-refractivity contribution < 1.29 is 27.5 Å². The fourth-order valence-electron chi connectivity index (χ4n) is 1.54. The van der Waals surface area contributed by atoms with Crippen LogP contribution < -0.4 is 10.6 Å². The van der Waals surface area contributed by atoms with Crippen molar-refractivity contribution in [1.29, 1.82) is 0 Å². The second-order valence-corrected chi connectivity index (χ2v) is 4.68. The van der Waals surface area contributed by atoms with E-state index in [-0.39, 0.29) is 11.6 Å². The molecule has 0 saturated heterocycles. The predicted molar refractivity (Wildman–Crippen MR) is 74.6 cm³/mol. The molecule has 9 heteroatoms. The van der Waals surface area contributed by atoms with Gasteiger partial charge < -0.3 is 15.4 Å². The number of anilines is 1. The molecule has 0 saturated carbocycles. The molecule has 0 aromatic heterocycles. The SMILES string of the molecule is COCCCNC(=O)C(=O)Nc1ccc(Cl)cc1C(F)(F)F. The summed E-state index contributed by atoms with van der Waals surface area (Å²) in [5.74, 6) is -2.22. The molecular weight excluding hydrogens is 325 g/mol. The first-order valence-corrected chi connectivity index (χ1v) is 6.58. The Morgan fingerprint density at radius 1 is 1.27 bits per heavy atom. The molecule has 0 aliphatic rings. The van der Waals surface area contributed by atoms with Crippen molar-refractivity contribution in [3.63, 3.8) is 0 Å². The summed E-state index contributed by atoms with van der Waals surface area (Å²) >= 11 is 5.52. The maximum Gasteiger partial charge on any atom is 0.418 e. The third-order valence-electron chi connectivity index (χ3n) is 2.55. The van der Waals surface area contributed by atoms with Crippen molar-refractivity contribution in [3.05, 3.63) is 28.8 Å². The highest BCUT2D eigenvalue weighted by Gasteiger charge is 2.34.